The third-order valence-corrected chi connectivity index (χ3v) is 8.61. The van der Waals surface area contributed by atoms with Crippen LogP contribution in [0, 0.1) is 18.8 Å². The number of nitrogens with zero attached hydrogens (tertiary/aromatic N) is 2. The molecule has 4 atom stereocenters. The van der Waals surface area contributed by atoms with Gasteiger partial charge in [0.1, 0.15) is 22.8 Å². The van der Waals surface area contributed by atoms with E-state index in [1.807, 2.05) is 49.3 Å². The second kappa shape index (κ2) is 9.21. The number of aliphatic hydroxyl groups excluding tert-OH is 2. The fraction of sp³-hybridized carbons (Fsp3) is 0.367. The van der Waals surface area contributed by atoms with Crippen molar-refractivity contribution in [3.63, 3.8) is 0 Å². The average Bonchev–Trinajstić information content (AvgIpc) is 2.88. The van der Waals surface area contributed by atoms with Crippen LogP contribution in [-0.4, -0.2) is 82.6 Å². The number of phenolic OH excluding ortho intramolecular Hbond substituents is 1. The first-order valence-electron chi connectivity index (χ1n) is 13.0. The van der Waals surface area contributed by atoms with Crippen molar-refractivity contribution in [2.45, 2.75) is 31.4 Å². The van der Waals surface area contributed by atoms with Gasteiger partial charge >= 0.3 is 0 Å². The summed E-state index contributed by atoms with van der Waals surface area (Å²) >= 11 is 0. The van der Waals surface area contributed by atoms with Gasteiger partial charge in [-0.25, -0.2) is 0 Å². The van der Waals surface area contributed by atoms with Crippen molar-refractivity contribution in [3.8, 4) is 16.9 Å². The number of carbonyl (C=O) groups is 3. The summed E-state index contributed by atoms with van der Waals surface area (Å²) < 4.78 is 0. The van der Waals surface area contributed by atoms with Gasteiger partial charge in [0.2, 0.25) is 5.78 Å². The fourth-order valence-corrected chi connectivity index (χ4v) is 6.64. The first kappa shape index (κ1) is 27.4. The minimum absolute atomic E-state index is 0.0411. The normalized spacial score (nSPS) is 26.0. The molecule has 0 saturated heterocycles. The quantitative estimate of drug-likeness (QED) is 0.360. The maximum absolute atomic E-state index is 14.0. The molecule has 10 nitrogen and oxygen atoms in total. The summed E-state index contributed by atoms with van der Waals surface area (Å²) in [7, 11) is 7.01. The number of hydrogen-bond acceptors (Lipinski definition) is 9. The van der Waals surface area contributed by atoms with Gasteiger partial charge in [-0.05, 0) is 80.2 Å². The van der Waals surface area contributed by atoms with E-state index in [0.717, 1.165) is 16.8 Å². The average molecular weight is 548 g/mol. The molecule has 0 radical (unpaired) electrons. The van der Waals surface area contributed by atoms with Crippen LogP contribution in [0.15, 0.2) is 47.2 Å². The fourth-order valence-electron chi connectivity index (χ4n) is 6.64. The summed E-state index contributed by atoms with van der Waals surface area (Å²) in [5.74, 6) is -6.61. The molecule has 1 amide bonds. The van der Waals surface area contributed by atoms with Crippen LogP contribution < -0.4 is 10.6 Å². The molecule has 0 aliphatic heterocycles. The van der Waals surface area contributed by atoms with Gasteiger partial charge in [-0.15, -0.1) is 0 Å². The number of ketones is 2. The Morgan fingerprint density at radius 2 is 1.68 bits per heavy atom. The summed E-state index contributed by atoms with van der Waals surface area (Å²) in [6.45, 7) is 1.69. The van der Waals surface area contributed by atoms with Crippen molar-refractivity contribution < 1.29 is 34.8 Å². The molecule has 2 aromatic carbocycles. The van der Waals surface area contributed by atoms with Gasteiger partial charge < -0.3 is 31.1 Å². The van der Waals surface area contributed by atoms with E-state index in [1.165, 1.54) is 4.90 Å². The number of anilines is 1. The van der Waals surface area contributed by atoms with Crippen molar-refractivity contribution in [1.29, 1.82) is 0 Å². The first-order valence-corrected chi connectivity index (χ1v) is 13.0. The van der Waals surface area contributed by atoms with E-state index in [9.17, 15) is 34.8 Å². The molecule has 5 rings (SSSR count). The molecular weight excluding hydrogens is 514 g/mol. The van der Waals surface area contributed by atoms with Crippen molar-refractivity contribution in [2.75, 3.05) is 33.1 Å². The molecule has 2 aromatic rings. The lowest BCUT2D eigenvalue weighted by Crippen LogP contribution is -2.65. The number of aryl methyl sites for hydroxylation is 1. The van der Waals surface area contributed by atoms with E-state index < -0.39 is 58.0 Å². The molecule has 3 aliphatic rings. The Morgan fingerprint density at radius 3 is 2.23 bits per heavy atom. The monoisotopic (exact) mass is 547 g/mol. The molecule has 1 saturated carbocycles. The number of primary amides is 1. The third-order valence-electron chi connectivity index (χ3n) is 8.61. The van der Waals surface area contributed by atoms with Gasteiger partial charge in [0.25, 0.3) is 5.91 Å². The van der Waals surface area contributed by atoms with Crippen LogP contribution >= 0.6 is 0 Å². The van der Waals surface area contributed by atoms with Crippen molar-refractivity contribution in [3.05, 3.63) is 63.9 Å². The first-order chi connectivity index (χ1) is 18.7. The molecule has 40 heavy (non-hydrogen) atoms. The van der Waals surface area contributed by atoms with Crippen molar-refractivity contribution in [2.24, 2.45) is 17.6 Å². The van der Waals surface area contributed by atoms with E-state index in [-0.39, 0.29) is 29.7 Å². The number of aromatic hydroxyl groups is 1. The molecule has 10 heteroatoms. The van der Waals surface area contributed by atoms with Gasteiger partial charge in [0.15, 0.2) is 11.4 Å². The molecule has 0 aromatic heterocycles. The topological polar surface area (TPSA) is 165 Å². The van der Waals surface area contributed by atoms with Crippen LogP contribution in [0.25, 0.3) is 16.9 Å². The molecule has 210 valence electrons. The van der Waals surface area contributed by atoms with Crippen LogP contribution in [0.4, 0.5) is 5.69 Å². The lowest BCUT2D eigenvalue weighted by atomic mass is 9.57. The number of carbonyl (C=O) groups excluding carboxylic acids is 3. The van der Waals surface area contributed by atoms with Gasteiger partial charge in [-0.1, -0.05) is 12.1 Å². The molecule has 0 spiro atoms. The molecule has 6 N–H and O–H groups in total. The Hall–Kier alpha value is -4.15. The summed E-state index contributed by atoms with van der Waals surface area (Å²) in [6.07, 6.45) is 0.270. The van der Waals surface area contributed by atoms with Crippen LogP contribution in [0.2, 0.25) is 0 Å². The predicted molar refractivity (Wildman–Crippen MR) is 149 cm³/mol. The summed E-state index contributed by atoms with van der Waals surface area (Å²) in [5, 5.41) is 45.3. The molecule has 0 bridgehead atoms. The second-order valence-electron chi connectivity index (χ2n) is 11.3. The number of benzene rings is 2. The summed E-state index contributed by atoms with van der Waals surface area (Å²) in [5.41, 5.74) is 5.54. The third kappa shape index (κ3) is 3.66. The largest absolute Gasteiger partial charge is 0.508 e. The lowest BCUT2D eigenvalue weighted by Gasteiger charge is -2.50. The van der Waals surface area contributed by atoms with Crippen LogP contribution in [-0.2, 0) is 20.8 Å². The molecule has 1 unspecified atom stereocenters. The standard InChI is InChI=1S/C30H33N3O7/c1-13-10-17(14-6-8-16(9-7-14)32(2)3)18-11-15-12-19-23(33(4)5)26(36)22(29(31)39)28(38)30(19,40)27(37)20(15)25(35)21(18)24(13)34/h6-10,15,19,23,34-35,38,40H,11-12H2,1-5H3,(H2,31,39)/t15-,19-,23?,30-/m0/s1. The van der Waals surface area contributed by atoms with E-state index in [4.69, 9.17) is 5.73 Å². The zero-order chi connectivity index (χ0) is 29.4. The summed E-state index contributed by atoms with van der Waals surface area (Å²) in [4.78, 5) is 42.9. The van der Waals surface area contributed by atoms with Gasteiger partial charge in [-0.3, -0.25) is 19.3 Å². The van der Waals surface area contributed by atoms with Crippen molar-refractivity contribution in [1.82, 2.24) is 4.90 Å². The molecular formula is C30H33N3O7. The minimum atomic E-state index is -2.66. The number of nitrogens with two attached hydrogens (primary N) is 1. The number of aliphatic hydroxyl groups is 3. The number of amides is 1. The zero-order valence-electron chi connectivity index (χ0n) is 23.0. The predicted octanol–water partition coefficient (Wildman–Crippen LogP) is 2.01. The Kier molecular flexibility index (Phi) is 6.31. The minimum Gasteiger partial charge on any atom is -0.508 e. The lowest BCUT2D eigenvalue weighted by molar-refractivity contribution is -0.153. The Bertz CT molecular complexity index is 1540. The number of hydrogen-bond donors (Lipinski definition) is 5. The highest BCUT2D eigenvalue weighted by molar-refractivity contribution is 6.24. The van der Waals surface area contributed by atoms with Gasteiger partial charge in [-0.2, -0.15) is 0 Å². The maximum atomic E-state index is 14.0. The maximum Gasteiger partial charge on any atom is 0.255 e. The molecule has 3 aliphatic carbocycles. The molecule has 0 heterocycles. The zero-order valence-corrected chi connectivity index (χ0v) is 23.0. The number of Topliss-reactive ketones (excluding diaryl/α,β-unsaturated/α-hetero) is 2. The number of rotatable bonds is 4. The Labute approximate surface area is 231 Å². The second-order valence-corrected chi connectivity index (χ2v) is 11.3. The van der Waals surface area contributed by atoms with E-state index in [0.29, 0.717) is 11.1 Å². The van der Waals surface area contributed by atoms with E-state index in [2.05, 4.69) is 0 Å². The molecule has 1 fully saturated rings. The summed E-state index contributed by atoms with van der Waals surface area (Å²) in [6, 6.07) is 8.51. The number of likely N-dealkylation sites (N-methyl/N-ethyl adjacent to an activating group) is 1. The Morgan fingerprint density at radius 1 is 1.05 bits per heavy atom. The Balaban J connectivity index is 1.73. The van der Waals surface area contributed by atoms with Crippen LogP contribution in [0.3, 0.4) is 0 Å². The highest BCUT2D eigenvalue weighted by Crippen LogP contribution is 2.54. The van der Waals surface area contributed by atoms with E-state index >= 15 is 0 Å². The van der Waals surface area contributed by atoms with Gasteiger partial charge in [0.05, 0.1) is 11.6 Å². The van der Waals surface area contributed by atoms with Crippen LogP contribution in [0.5, 0.6) is 5.75 Å². The SMILES string of the molecule is Cc1cc(-c2ccc(N(C)C)cc2)c2c(c1O)C(O)=C1C(=O)[C@]3(O)C(O)=C(C(N)=O)C(=O)C(N(C)C)[C@@H]3C[C@@H]1C2. The van der Waals surface area contributed by atoms with Crippen molar-refractivity contribution >= 4 is 28.9 Å². The number of phenols is 1. The van der Waals surface area contributed by atoms with Crippen LogP contribution in [0.1, 0.15) is 23.1 Å². The van der Waals surface area contributed by atoms with Gasteiger partial charge in [0, 0.05) is 31.3 Å². The highest BCUT2D eigenvalue weighted by atomic mass is 16.3. The highest BCUT2D eigenvalue weighted by Gasteiger charge is 2.64. The van der Waals surface area contributed by atoms with E-state index in [1.54, 1.807) is 21.0 Å². The number of fused-ring (bicyclic) bond motifs is 3. The smallest absolute Gasteiger partial charge is 0.255 e.